The molecular formula is C17H27ClN2. The number of nitrogens with zero attached hydrogens (tertiary/aromatic N) is 1. The summed E-state index contributed by atoms with van der Waals surface area (Å²) in [6, 6.07) is 6.90. The highest BCUT2D eigenvalue weighted by molar-refractivity contribution is 6.33. The number of hydrogen-bond donors (Lipinski definition) is 1. The third-order valence-electron chi connectivity index (χ3n) is 4.36. The summed E-state index contributed by atoms with van der Waals surface area (Å²) in [6.45, 7) is 4.02. The number of benzene rings is 1. The average Bonchev–Trinajstić information content (AvgIpc) is 2.73. The van der Waals surface area contributed by atoms with Crippen molar-refractivity contribution in [3.05, 3.63) is 28.8 Å². The molecule has 0 bridgehead atoms. The van der Waals surface area contributed by atoms with Crippen LogP contribution in [0.2, 0.25) is 5.02 Å². The van der Waals surface area contributed by atoms with Crippen LogP contribution in [0.1, 0.15) is 51.0 Å². The second-order valence-electron chi connectivity index (χ2n) is 5.78. The molecular weight excluding hydrogens is 268 g/mol. The van der Waals surface area contributed by atoms with Gasteiger partial charge in [-0.25, -0.2) is 0 Å². The number of anilines is 1. The number of hydrogen-bond acceptors (Lipinski definition) is 2. The van der Waals surface area contributed by atoms with Gasteiger partial charge in [0.2, 0.25) is 0 Å². The van der Waals surface area contributed by atoms with E-state index in [1.54, 1.807) is 0 Å². The third-order valence-corrected chi connectivity index (χ3v) is 4.67. The molecule has 2 nitrogen and oxygen atoms in total. The molecule has 112 valence electrons. The van der Waals surface area contributed by atoms with E-state index in [1.807, 2.05) is 6.07 Å². The summed E-state index contributed by atoms with van der Waals surface area (Å²) in [5.74, 6) is 0. The molecule has 0 atom stereocenters. The van der Waals surface area contributed by atoms with E-state index < -0.39 is 0 Å². The second kappa shape index (κ2) is 7.90. The Labute approximate surface area is 128 Å². The smallest absolute Gasteiger partial charge is 0.0642 e. The molecule has 0 saturated heterocycles. The van der Waals surface area contributed by atoms with Crippen molar-refractivity contribution in [3.63, 3.8) is 0 Å². The number of halogens is 1. The molecule has 0 radical (unpaired) electrons. The van der Waals surface area contributed by atoms with Crippen LogP contribution in [0, 0.1) is 0 Å². The molecule has 1 aliphatic carbocycles. The zero-order valence-corrected chi connectivity index (χ0v) is 13.5. The van der Waals surface area contributed by atoms with Gasteiger partial charge in [0.05, 0.1) is 10.7 Å². The summed E-state index contributed by atoms with van der Waals surface area (Å²) < 4.78 is 0. The molecule has 2 rings (SSSR count). The number of rotatable bonds is 5. The van der Waals surface area contributed by atoms with Crippen molar-refractivity contribution in [2.24, 2.45) is 0 Å². The van der Waals surface area contributed by atoms with Crippen LogP contribution in [0.3, 0.4) is 0 Å². The van der Waals surface area contributed by atoms with Crippen molar-refractivity contribution in [1.29, 1.82) is 0 Å². The van der Waals surface area contributed by atoms with Crippen LogP contribution >= 0.6 is 11.6 Å². The molecule has 0 amide bonds. The predicted octanol–water partition coefficient (Wildman–Crippen LogP) is 4.61. The molecule has 0 unspecified atom stereocenters. The summed E-state index contributed by atoms with van der Waals surface area (Å²) in [7, 11) is 2.21. The van der Waals surface area contributed by atoms with Gasteiger partial charge in [-0.1, -0.05) is 56.3 Å². The minimum Gasteiger partial charge on any atom is -0.370 e. The van der Waals surface area contributed by atoms with Crippen LogP contribution in [0.4, 0.5) is 5.69 Å². The second-order valence-corrected chi connectivity index (χ2v) is 6.19. The monoisotopic (exact) mass is 294 g/mol. The van der Waals surface area contributed by atoms with E-state index in [0.717, 1.165) is 18.1 Å². The first-order valence-electron chi connectivity index (χ1n) is 7.95. The van der Waals surface area contributed by atoms with Crippen LogP contribution in [0.25, 0.3) is 0 Å². The highest BCUT2D eigenvalue weighted by atomic mass is 35.5. The summed E-state index contributed by atoms with van der Waals surface area (Å²) >= 11 is 6.49. The lowest BCUT2D eigenvalue weighted by Crippen LogP contribution is -2.32. The standard InChI is InChI=1S/C17H27ClN2/c1-3-19-13-14-9-8-12-16(18)17(14)20(2)15-10-6-4-5-7-11-15/h8-9,12,15,19H,3-7,10-11,13H2,1-2H3. The fraction of sp³-hybridized carbons (Fsp3) is 0.647. The van der Waals surface area contributed by atoms with Gasteiger partial charge in [-0.05, 0) is 31.0 Å². The minimum atomic E-state index is 0.637. The fourth-order valence-corrected chi connectivity index (χ4v) is 3.51. The Morgan fingerprint density at radius 1 is 1.20 bits per heavy atom. The lowest BCUT2D eigenvalue weighted by Gasteiger charge is -2.32. The van der Waals surface area contributed by atoms with E-state index in [4.69, 9.17) is 11.6 Å². The topological polar surface area (TPSA) is 15.3 Å². The van der Waals surface area contributed by atoms with Crippen molar-refractivity contribution in [2.75, 3.05) is 18.5 Å². The van der Waals surface area contributed by atoms with Crippen LogP contribution < -0.4 is 10.2 Å². The molecule has 1 aromatic rings. The molecule has 0 heterocycles. The van der Waals surface area contributed by atoms with Gasteiger partial charge in [-0.2, -0.15) is 0 Å². The van der Waals surface area contributed by atoms with E-state index in [2.05, 4.69) is 36.3 Å². The molecule has 1 N–H and O–H groups in total. The van der Waals surface area contributed by atoms with Gasteiger partial charge >= 0.3 is 0 Å². The molecule has 20 heavy (non-hydrogen) atoms. The van der Waals surface area contributed by atoms with Crippen molar-refractivity contribution in [1.82, 2.24) is 5.32 Å². The van der Waals surface area contributed by atoms with Gasteiger partial charge in [0.15, 0.2) is 0 Å². The van der Waals surface area contributed by atoms with Crippen LogP contribution in [-0.2, 0) is 6.54 Å². The summed E-state index contributed by atoms with van der Waals surface area (Å²) in [4.78, 5) is 2.43. The van der Waals surface area contributed by atoms with Crippen molar-refractivity contribution >= 4 is 17.3 Å². The van der Waals surface area contributed by atoms with Gasteiger partial charge in [0, 0.05) is 19.6 Å². The van der Waals surface area contributed by atoms with Gasteiger partial charge in [0.1, 0.15) is 0 Å². The highest BCUT2D eigenvalue weighted by Gasteiger charge is 2.21. The summed E-state index contributed by atoms with van der Waals surface area (Å²) in [5, 5.41) is 4.30. The van der Waals surface area contributed by atoms with E-state index >= 15 is 0 Å². The maximum Gasteiger partial charge on any atom is 0.0642 e. The lowest BCUT2D eigenvalue weighted by atomic mass is 10.0. The minimum absolute atomic E-state index is 0.637. The van der Waals surface area contributed by atoms with Crippen molar-refractivity contribution < 1.29 is 0 Å². The van der Waals surface area contributed by atoms with E-state index in [9.17, 15) is 0 Å². The summed E-state index contributed by atoms with van der Waals surface area (Å²) in [5.41, 5.74) is 2.54. The zero-order chi connectivity index (χ0) is 14.4. The first-order chi connectivity index (χ1) is 9.74. The third kappa shape index (κ3) is 3.89. The molecule has 1 aromatic carbocycles. The van der Waals surface area contributed by atoms with Gasteiger partial charge in [0.25, 0.3) is 0 Å². The Bertz CT molecular complexity index is 411. The summed E-state index contributed by atoms with van der Waals surface area (Å²) in [6.07, 6.45) is 8.06. The van der Waals surface area contributed by atoms with E-state index in [-0.39, 0.29) is 0 Å². The number of para-hydroxylation sites is 1. The van der Waals surface area contributed by atoms with Crippen LogP contribution in [0.15, 0.2) is 18.2 Å². The predicted molar refractivity (Wildman–Crippen MR) is 88.7 cm³/mol. The Morgan fingerprint density at radius 3 is 2.55 bits per heavy atom. The number of nitrogens with one attached hydrogen (secondary N) is 1. The first kappa shape index (κ1) is 15.7. The van der Waals surface area contributed by atoms with Gasteiger partial charge < -0.3 is 10.2 Å². The maximum atomic E-state index is 6.49. The molecule has 0 aliphatic heterocycles. The first-order valence-corrected chi connectivity index (χ1v) is 8.32. The lowest BCUT2D eigenvalue weighted by molar-refractivity contribution is 0.551. The normalized spacial score (nSPS) is 16.9. The van der Waals surface area contributed by atoms with Crippen molar-refractivity contribution in [3.8, 4) is 0 Å². The largest absolute Gasteiger partial charge is 0.370 e. The molecule has 1 saturated carbocycles. The van der Waals surface area contributed by atoms with Gasteiger partial charge in [-0.3, -0.25) is 0 Å². The van der Waals surface area contributed by atoms with Crippen LogP contribution in [-0.4, -0.2) is 19.6 Å². The molecule has 0 spiro atoms. The maximum absolute atomic E-state index is 6.49. The quantitative estimate of drug-likeness (QED) is 0.798. The molecule has 3 heteroatoms. The molecule has 1 aliphatic rings. The Kier molecular flexibility index (Phi) is 6.18. The Morgan fingerprint density at radius 2 is 1.90 bits per heavy atom. The van der Waals surface area contributed by atoms with Crippen molar-refractivity contribution in [2.45, 2.75) is 58.0 Å². The Balaban J connectivity index is 2.20. The SMILES string of the molecule is CCNCc1cccc(Cl)c1N(C)C1CCCCCC1. The molecule has 1 fully saturated rings. The van der Waals surface area contributed by atoms with Gasteiger partial charge in [-0.15, -0.1) is 0 Å². The molecule has 0 aromatic heterocycles. The van der Waals surface area contributed by atoms with E-state index in [1.165, 1.54) is 49.8 Å². The van der Waals surface area contributed by atoms with Crippen LogP contribution in [0.5, 0.6) is 0 Å². The Hall–Kier alpha value is -0.730. The average molecular weight is 295 g/mol. The fourth-order valence-electron chi connectivity index (χ4n) is 3.18. The zero-order valence-electron chi connectivity index (χ0n) is 12.8. The van der Waals surface area contributed by atoms with E-state index in [0.29, 0.717) is 6.04 Å². The highest BCUT2D eigenvalue weighted by Crippen LogP contribution is 2.33.